The Morgan fingerprint density at radius 3 is 2.48 bits per heavy atom. The van der Waals surface area contributed by atoms with Crippen molar-refractivity contribution in [3.05, 3.63) is 91.6 Å². The number of nitrogen functional groups attached to an aromatic ring is 1. The number of carbonyl (C=O) groups excluding carboxylic acids is 1. The molecule has 4 aromatic rings. The number of nitrogens with two attached hydrogens (primary N) is 1. The summed E-state index contributed by atoms with van der Waals surface area (Å²) in [5, 5.41) is 0.876. The number of thiazole rings is 1. The average molecular weight is 464 g/mol. The monoisotopic (exact) mass is 463 g/mol. The van der Waals surface area contributed by atoms with Crippen LogP contribution in [0.5, 0.6) is 0 Å². The lowest BCUT2D eigenvalue weighted by Gasteiger charge is -2.22. The third-order valence-corrected chi connectivity index (χ3v) is 6.97. The van der Waals surface area contributed by atoms with Crippen LogP contribution in [0.3, 0.4) is 0 Å². The molecule has 170 valence electrons. The molecule has 2 N–H and O–H groups in total. The lowest BCUT2D eigenvalue weighted by atomic mass is 10.1. The number of para-hydroxylation sites is 1. The molecule has 9 heteroatoms. The highest BCUT2D eigenvalue weighted by Crippen LogP contribution is 2.28. The maximum Gasteiger partial charge on any atom is 0.332 e. The smallest absolute Gasteiger partial charge is 0.332 e. The minimum Gasteiger partial charge on any atom is -0.384 e. The van der Waals surface area contributed by atoms with E-state index in [2.05, 4.69) is 4.98 Å². The van der Waals surface area contributed by atoms with Crippen LogP contribution in [0.2, 0.25) is 0 Å². The Hall–Kier alpha value is -3.56. The number of hydrogen-bond donors (Lipinski definition) is 1. The summed E-state index contributed by atoms with van der Waals surface area (Å²) >= 11 is 1.57. The zero-order valence-electron chi connectivity index (χ0n) is 18.7. The average Bonchev–Trinajstić information content (AvgIpc) is 3.25. The first kappa shape index (κ1) is 22.6. The molecule has 8 nitrogen and oxygen atoms in total. The number of anilines is 1. The van der Waals surface area contributed by atoms with Gasteiger partial charge in [0, 0.05) is 7.05 Å². The molecular formula is C24H25N5O3S. The van der Waals surface area contributed by atoms with E-state index >= 15 is 0 Å². The Bertz CT molecular complexity index is 1410. The van der Waals surface area contributed by atoms with Crippen molar-refractivity contribution in [2.75, 3.05) is 19.3 Å². The molecule has 0 saturated carbocycles. The fourth-order valence-corrected chi connectivity index (χ4v) is 4.75. The Morgan fingerprint density at radius 1 is 1.12 bits per heavy atom. The van der Waals surface area contributed by atoms with Crippen molar-refractivity contribution in [1.82, 2.24) is 19.0 Å². The topological polar surface area (TPSA) is 103 Å². The molecule has 0 fully saturated rings. The van der Waals surface area contributed by atoms with Gasteiger partial charge in [-0.1, -0.05) is 42.5 Å². The van der Waals surface area contributed by atoms with Gasteiger partial charge in [-0.25, -0.2) is 9.78 Å². The van der Waals surface area contributed by atoms with Gasteiger partial charge in [-0.15, -0.1) is 11.3 Å². The van der Waals surface area contributed by atoms with Gasteiger partial charge in [-0.3, -0.25) is 23.6 Å². The zero-order chi connectivity index (χ0) is 23.7. The van der Waals surface area contributed by atoms with E-state index in [9.17, 15) is 14.4 Å². The predicted octanol–water partition coefficient (Wildman–Crippen LogP) is 2.66. The SMILES string of the molecule is CC(c1nc2ccccc2s1)N(C)CC(=O)c1c(N)n(Cc2ccccc2)c(=O)n(C)c1=O. The Kier molecular flexibility index (Phi) is 6.26. The normalized spacial score (nSPS) is 12.4. The van der Waals surface area contributed by atoms with Crippen molar-refractivity contribution < 1.29 is 4.79 Å². The van der Waals surface area contributed by atoms with Crippen LogP contribution in [0, 0.1) is 0 Å². The van der Waals surface area contributed by atoms with Crippen LogP contribution < -0.4 is 17.0 Å². The molecular weight excluding hydrogens is 438 g/mol. The molecule has 0 spiro atoms. The molecule has 0 amide bonds. The molecule has 0 aliphatic carbocycles. The van der Waals surface area contributed by atoms with Crippen LogP contribution in [0.1, 0.15) is 33.9 Å². The molecule has 0 bridgehead atoms. The van der Waals surface area contributed by atoms with Gasteiger partial charge in [0.15, 0.2) is 5.78 Å². The Labute approximate surface area is 194 Å². The molecule has 2 aromatic heterocycles. The van der Waals surface area contributed by atoms with Crippen molar-refractivity contribution in [2.45, 2.75) is 19.5 Å². The van der Waals surface area contributed by atoms with Crippen molar-refractivity contribution in [1.29, 1.82) is 0 Å². The Balaban J connectivity index is 1.63. The lowest BCUT2D eigenvalue weighted by molar-refractivity contribution is 0.0922. The van der Waals surface area contributed by atoms with Gasteiger partial charge in [0.2, 0.25) is 0 Å². The maximum atomic E-state index is 13.2. The quantitative estimate of drug-likeness (QED) is 0.423. The number of ketones is 1. The summed E-state index contributed by atoms with van der Waals surface area (Å²) in [6.45, 7) is 2.08. The first-order valence-corrected chi connectivity index (χ1v) is 11.3. The molecule has 4 rings (SSSR count). The van der Waals surface area contributed by atoms with E-state index < -0.39 is 17.0 Å². The summed E-state index contributed by atoms with van der Waals surface area (Å²) < 4.78 is 3.27. The number of likely N-dealkylation sites (N-methyl/N-ethyl adjacent to an activating group) is 1. The van der Waals surface area contributed by atoms with Crippen LogP contribution in [0.4, 0.5) is 5.82 Å². The van der Waals surface area contributed by atoms with E-state index in [0.717, 1.165) is 25.4 Å². The third-order valence-electron chi connectivity index (χ3n) is 5.77. The second-order valence-corrected chi connectivity index (χ2v) is 9.08. The Morgan fingerprint density at radius 2 is 1.79 bits per heavy atom. The van der Waals surface area contributed by atoms with Gasteiger partial charge in [-0.2, -0.15) is 0 Å². The van der Waals surface area contributed by atoms with Crippen LogP contribution in [-0.4, -0.2) is 38.4 Å². The second kappa shape index (κ2) is 9.13. The van der Waals surface area contributed by atoms with Crippen molar-refractivity contribution in [3.63, 3.8) is 0 Å². The predicted molar refractivity (Wildman–Crippen MR) is 131 cm³/mol. The third kappa shape index (κ3) is 4.37. The van der Waals surface area contributed by atoms with Gasteiger partial charge < -0.3 is 5.73 Å². The highest BCUT2D eigenvalue weighted by Gasteiger charge is 2.25. The summed E-state index contributed by atoms with van der Waals surface area (Å²) in [6, 6.07) is 17.0. The molecule has 0 aliphatic heterocycles. The molecule has 0 saturated heterocycles. The second-order valence-electron chi connectivity index (χ2n) is 8.01. The van der Waals surface area contributed by atoms with Crippen LogP contribution in [0.15, 0.2) is 64.2 Å². The minimum absolute atomic E-state index is 0.0416. The fraction of sp³-hybridized carbons (Fsp3) is 0.250. The first-order valence-electron chi connectivity index (χ1n) is 10.5. The standard InChI is InChI=1S/C24H25N5O3S/c1-15(22-26-17-11-7-8-12-19(17)33-22)27(2)14-18(30)20-21(25)29(24(32)28(3)23(20)31)13-16-9-5-4-6-10-16/h4-12,15H,13-14,25H2,1-3H3. The summed E-state index contributed by atoms with van der Waals surface area (Å²) in [5.41, 5.74) is 6.55. The number of carbonyl (C=O) groups is 1. The summed E-state index contributed by atoms with van der Waals surface area (Å²) in [4.78, 5) is 45.2. The fourth-order valence-electron chi connectivity index (χ4n) is 3.66. The zero-order valence-corrected chi connectivity index (χ0v) is 19.5. The highest BCUT2D eigenvalue weighted by molar-refractivity contribution is 7.18. The van der Waals surface area contributed by atoms with E-state index in [1.54, 1.807) is 18.4 Å². The van der Waals surface area contributed by atoms with E-state index in [0.29, 0.717) is 0 Å². The summed E-state index contributed by atoms with van der Waals surface area (Å²) in [5.74, 6) is -0.552. The van der Waals surface area contributed by atoms with E-state index in [1.165, 1.54) is 11.6 Å². The molecule has 0 aliphatic rings. The number of nitrogens with zero attached hydrogens (tertiary/aromatic N) is 4. The largest absolute Gasteiger partial charge is 0.384 e. The van der Waals surface area contributed by atoms with Gasteiger partial charge in [0.1, 0.15) is 16.4 Å². The van der Waals surface area contributed by atoms with Crippen molar-refractivity contribution in [2.24, 2.45) is 7.05 Å². The lowest BCUT2D eigenvalue weighted by Crippen LogP contribution is -2.44. The van der Waals surface area contributed by atoms with Crippen LogP contribution >= 0.6 is 11.3 Å². The minimum atomic E-state index is -0.687. The number of fused-ring (bicyclic) bond motifs is 1. The van der Waals surface area contributed by atoms with Gasteiger partial charge in [-0.05, 0) is 31.7 Å². The summed E-state index contributed by atoms with van der Waals surface area (Å²) in [6.07, 6.45) is 0. The maximum absolute atomic E-state index is 13.2. The van der Waals surface area contributed by atoms with Gasteiger partial charge in [0.25, 0.3) is 5.56 Å². The van der Waals surface area contributed by atoms with E-state index in [-0.39, 0.29) is 30.5 Å². The van der Waals surface area contributed by atoms with Crippen LogP contribution in [-0.2, 0) is 13.6 Å². The summed E-state index contributed by atoms with van der Waals surface area (Å²) in [7, 11) is 3.16. The van der Waals surface area contributed by atoms with Gasteiger partial charge >= 0.3 is 5.69 Å². The van der Waals surface area contributed by atoms with E-state index in [4.69, 9.17) is 5.73 Å². The molecule has 1 unspecified atom stereocenters. The number of benzene rings is 2. The molecule has 2 heterocycles. The van der Waals surface area contributed by atoms with Crippen LogP contribution in [0.25, 0.3) is 10.2 Å². The molecule has 0 radical (unpaired) electrons. The van der Waals surface area contributed by atoms with Gasteiger partial charge in [0.05, 0.1) is 29.3 Å². The van der Waals surface area contributed by atoms with E-state index in [1.807, 2.05) is 66.4 Å². The number of Topliss-reactive ketones (excluding diaryl/α,β-unsaturated/α-hetero) is 1. The number of hydrogen-bond acceptors (Lipinski definition) is 7. The number of rotatable bonds is 7. The van der Waals surface area contributed by atoms with Crippen molar-refractivity contribution >= 4 is 33.2 Å². The molecule has 33 heavy (non-hydrogen) atoms. The molecule has 1 atom stereocenters. The number of aromatic nitrogens is 3. The van der Waals surface area contributed by atoms with Crippen molar-refractivity contribution in [3.8, 4) is 0 Å². The molecule has 2 aromatic carbocycles. The first-order chi connectivity index (χ1) is 15.8. The highest BCUT2D eigenvalue weighted by atomic mass is 32.1.